The van der Waals surface area contributed by atoms with Crippen LogP contribution in [-0.2, 0) is 11.3 Å². The Balaban J connectivity index is 1.87. The highest BCUT2D eigenvalue weighted by atomic mass is 16.1. The van der Waals surface area contributed by atoms with E-state index in [9.17, 15) is 4.79 Å². The van der Waals surface area contributed by atoms with E-state index in [1.807, 2.05) is 18.2 Å². The van der Waals surface area contributed by atoms with E-state index in [1.165, 1.54) is 11.1 Å². The van der Waals surface area contributed by atoms with Crippen LogP contribution >= 0.6 is 0 Å². The number of fused-ring (bicyclic) bond motifs is 1. The van der Waals surface area contributed by atoms with Crippen LogP contribution in [0.5, 0.6) is 0 Å². The van der Waals surface area contributed by atoms with Gasteiger partial charge in [-0.15, -0.1) is 0 Å². The molecule has 0 saturated carbocycles. The molecule has 4 heteroatoms. The summed E-state index contributed by atoms with van der Waals surface area (Å²) in [7, 11) is 0. The van der Waals surface area contributed by atoms with Crippen LogP contribution in [0, 0.1) is 6.92 Å². The van der Waals surface area contributed by atoms with Gasteiger partial charge in [-0.05, 0) is 35.7 Å². The van der Waals surface area contributed by atoms with Crippen LogP contribution in [-0.4, -0.2) is 17.4 Å². The molecule has 3 rings (SSSR count). The molecule has 1 amide bonds. The fraction of sp³-hybridized carbons (Fsp3) is 0.250. The molecule has 1 aliphatic heterocycles. The molecule has 2 N–H and O–H groups in total. The Morgan fingerprint density at radius 2 is 2.25 bits per heavy atom. The van der Waals surface area contributed by atoms with Crippen LogP contribution in [0.15, 0.2) is 42.7 Å². The minimum absolute atomic E-state index is 0.0146. The summed E-state index contributed by atoms with van der Waals surface area (Å²) in [4.78, 5) is 16.5. The normalized spacial score (nSPS) is 17.4. The third-order valence-corrected chi connectivity index (χ3v) is 3.67. The van der Waals surface area contributed by atoms with Gasteiger partial charge in [-0.1, -0.05) is 18.2 Å². The summed E-state index contributed by atoms with van der Waals surface area (Å²) in [5.41, 5.74) is 4.28. The molecule has 1 aromatic heterocycles. The number of aromatic nitrogens is 1. The van der Waals surface area contributed by atoms with Gasteiger partial charge in [0.2, 0.25) is 5.91 Å². The number of hydrogen-bond donors (Lipinski definition) is 2. The van der Waals surface area contributed by atoms with E-state index in [2.05, 4.69) is 34.7 Å². The maximum atomic E-state index is 12.5. The molecule has 20 heavy (non-hydrogen) atoms. The molecule has 0 spiro atoms. The Morgan fingerprint density at radius 3 is 3.05 bits per heavy atom. The number of carbonyl (C=O) groups excluding carboxylic acids is 1. The smallest absolute Gasteiger partial charge is 0.233 e. The van der Waals surface area contributed by atoms with E-state index in [4.69, 9.17) is 0 Å². The molecule has 2 aromatic rings. The quantitative estimate of drug-likeness (QED) is 0.877. The number of pyridine rings is 1. The summed E-state index contributed by atoms with van der Waals surface area (Å²) >= 11 is 0. The lowest BCUT2D eigenvalue weighted by atomic mass is 9.86. The Morgan fingerprint density at radius 1 is 1.35 bits per heavy atom. The summed E-state index contributed by atoms with van der Waals surface area (Å²) in [5.74, 6) is -0.138. The third kappa shape index (κ3) is 2.42. The number of hydrogen-bond acceptors (Lipinski definition) is 3. The average Bonchev–Trinajstić information content (AvgIpc) is 2.48. The molecule has 1 aliphatic rings. The van der Waals surface area contributed by atoms with Crippen LogP contribution in [0.25, 0.3) is 0 Å². The number of nitrogens with zero attached hydrogens (tertiary/aromatic N) is 1. The maximum Gasteiger partial charge on any atom is 0.233 e. The van der Waals surface area contributed by atoms with Crippen molar-refractivity contribution in [2.45, 2.75) is 19.4 Å². The molecule has 1 aromatic carbocycles. The molecule has 0 aliphatic carbocycles. The maximum absolute atomic E-state index is 12.5. The minimum atomic E-state index is -0.153. The molecule has 0 radical (unpaired) electrons. The molecule has 102 valence electrons. The fourth-order valence-corrected chi connectivity index (χ4v) is 2.74. The molecule has 4 nitrogen and oxygen atoms in total. The summed E-state index contributed by atoms with van der Waals surface area (Å²) in [5, 5.41) is 6.25. The van der Waals surface area contributed by atoms with Crippen molar-refractivity contribution >= 4 is 11.6 Å². The first kappa shape index (κ1) is 12.8. The van der Waals surface area contributed by atoms with Crippen molar-refractivity contribution in [2.75, 3.05) is 11.9 Å². The van der Waals surface area contributed by atoms with Gasteiger partial charge in [0, 0.05) is 19.3 Å². The highest BCUT2D eigenvalue weighted by Crippen LogP contribution is 2.28. The Bertz CT molecular complexity index is 625. The first-order chi connectivity index (χ1) is 9.75. The van der Waals surface area contributed by atoms with Gasteiger partial charge in [-0.3, -0.25) is 9.78 Å². The van der Waals surface area contributed by atoms with Gasteiger partial charge in [-0.25, -0.2) is 0 Å². The number of carbonyl (C=O) groups is 1. The molecule has 1 atom stereocenters. The number of anilines is 1. The van der Waals surface area contributed by atoms with E-state index in [1.54, 1.807) is 12.4 Å². The van der Waals surface area contributed by atoms with Gasteiger partial charge < -0.3 is 10.6 Å². The first-order valence-corrected chi connectivity index (χ1v) is 6.75. The summed E-state index contributed by atoms with van der Waals surface area (Å²) in [6.07, 6.45) is 3.35. The summed E-state index contributed by atoms with van der Waals surface area (Å²) in [6.45, 7) is 3.56. The van der Waals surface area contributed by atoms with Crippen molar-refractivity contribution in [2.24, 2.45) is 0 Å². The molecule has 2 heterocycles. The first-order valence-electron chi connectivity index (χ1n) is 6.75. The number of amides is 1. The van der Waals surface area contributed by atoms with E-state index in [0.717, 1.165) is 17.8 Å². The SMILES string of the molecule is Cc1cccc2c1C(C(=O)Nc1cccnc1)CNC2. The van der Waals surface area contributed by atoms with Gasteiger partial charge in [0.05, 0.1) is 17.8 Å². The Labute approximate surface area is 118 Å². The highest BCUT2D eigenvalue weighted by molar-refractivity contribution is 5.96. The zero-order valence-corrected chi connectivity index (χ0v) is 11.4. The Hall–Kier alpha value is -2.20. The molecular formula is C16H17N3O. The van der Waals surface area contributed by atoms with Crippen molar-refractivity contribution < 1.29 is 4.79 Å². The fourth-order valence-electron chi connectivity index (χ4n) is 2.74. The van der Waals surface area contributed by atoms with Gasteiger partial charge in [0.1, 0.15) is 0 Å². The van der Waals surface area contributed by atoms with Gasteiger partial charge in [0.25, 0.3) is 0 Å². The van der Waals surface area contributed by atoms with Crippen molar-refractivity contribution in [3.63, 3.8) is 0 Å². The molecule has 1 unspecified atom stereocenters. The van der Waals surface area contributed by atoms with Gasteiger partial charge in [-0.2, -0.15) is 0 Å². The standard InChI is InChI=1S/C16H17N3O/c1-11-4-2-5-12-8-18-10-14(15(11)12)16(20)19-13-6-3-7-17-9-13/h2-7,9,14,18H,8,10H2,1H3,(H,19,20). The van der Waals surface area contributed by atoms with Gasteiger partial charge >= 0.3 is 0 Å². The van der Waals surface area contributed by atoms with Crippen LogP contribution < -0.4 is 10.6 Å². The second-order valence-electron chi connectivity index (χ2n) is 5.06. The Kier molecular flexibility index (Phi) is 3.48. The second kappa shape index (κ2) is 5.43. The zero-order chi connectivity index (χ0) is 13.9. The summed E-state index contributed by atoms with van der Waals surface area (Å²) < 4.78 is 0. The number of aryl methyl sites for hydroxylation is 1. The van der Waals surface area contributed by atoms with Crippen molar-refractivity contribution in [3.05, 3.63) is 59.4 Å². The number of rotatable bonds is 2. The minimum Gasteiger partial charge on any atom is -0.324 e. The van der Waals surface area contributed by atoms with E-state index >= 15 is 0 Å². The topological polar surface area (TPSA) is 54.0 Å². The van der Waals surface area contributed by atoms with E-state index in [-0.39, 0.29) is 11.8 Å². The summed E-state index contributed by atoms with van der Waals surface area (Å²) in [6, 6.07) is 9.85. The van der Waals surface area contributed by atoms with Crippen LogP contribution in [0.2, 0.25) is 0 Å². The van der Waals surface area contributed by atoms with Crippen molar-refractivity contribution in [1.82, 2.24) is 10.3 Å². The lowest BCUT2D eigenvalue weighted by Gasteiger charge is -2.27. The third-order valence-electron chi connectivity index (χ3n) is 3.67. The average molecular weight is 267 g/mol. The molecule has 0 saturated heterocycles. The molecule has 0 bridgehead atoms. The number of benzene rings is 1. The van der Waals surface area contributed by atoms with Crippen LogP contribution in [0.4, 0.5) is 5.69 Å². The van der Waals surface area contributed by atoms with Crippen LogP contribution in [0.1, 0.15) is 22.6 Å². The van der Waals surface area contributed by atoms with E-state index in [0.29, 0.717) is 6.54 Å². The largest absolute Gasteiger partial charge is 0.324 e. The second-order valence-corrected chi connectivity index (χ2v) is 5.06. The predicted molar refractivity (Wildman–Crippen MR) is 78.5 cm³/mol. The van der Waals surface area contributed by atoms with Gasteiger partial charge in [0.15, 0.2) is 0 Å². The lowest BCUT2D eigenvalue weighted by Crippen LogP contribution is -2.36. The lowest BCUT2D eigenvalue weighted by molar-refractivity contribution is -0.117. The van der Waals surface area contributed by atoms with Crippen molar-refractivity contribution in [1.29, 1.82) is 0 Å². The monoisotopic (exact) mass is 267 g/mol. The van der Waals surface area contributed by atoms with Crippen LogP contribution in [0.3, 0.4) is 0 Å². The predicted octanol–water partition coefficient (Wildman–Crippen LogP) is 2.22. The number of nitrogens with one attached hydrogen (secondary N) is 2. The molecule has 0 fully saturated rings. The van der Waals surface area contributed by atoms with E-state index < -0.39 is 0 Å². The van der Waals surface area contributed by atoms with Crippen molar-refractivity contribution in [3.8, 4) is 0 Å². The molecular weight excluding hydrogens is 250 g/mol. The highest BCUT2D eigenvalue weighted by Gasteiger charge is 2.27. The zero-order valence-electron chi connectivity index (χ0n) is 11.4.